The number of anilines is 1. The number of rotatable bonds is 10. The molecule has 0 fully saturated rings. The molecular weight excluding hydrogens is 399 g/mol. The molecule has 0 amide bonds. The fourth-order valence-corrected chi connectivity index (χ4v) is 2.28. The van der Waals surface area contributed by atoms with Crippen molar-refractivity contribution in [2.75, 3.05) is 32.5 Å². The molecule has 1 aromatic carbocycles. The molecule has 0 unspecified atom stereocenters. The number of benzene rings is 1. The second-order valence-electron chi connectivity index (χ2n) is 6.01. The summed E-state index contributed by atoms with van der Waals surface area (Å²) in [4.78, 5) is 6.62. The lowest BCUT2D eigenvalue weighted by Crippen LogP contribution is -2.22. The summed E-state index contributed by atoms with van der Waals surface area (Å²) < 4.78 is 0. The topological polar surface area (TPSA) is 53.6 Å². The van der Waals surface area contributed by atoms with E-state index in [1.54, 1.807) is 0 Å². The molecule has 0 saturated heterocycles. The van der Waals surface area contributed by atoms with Gasteiger partial charge in [0.2, 0.25) is 0 Å². The third kappa shape index (κ3) is 11.4. The summed E-state index contributed by atoms with van der Waals surface area (Å²) in [6.45, 7) is 4.14. The number of unbranched alkanes of at least 4 members (excludes halogenated alkanes) is 4. The standard InChI is InChI=1S/C18H32N4.HI/c1-4-16-10-12-17(13-11-16)21-18(19)20-14-8-6-5-7-9-15-22(2)3;/h10-13H,4-9,14-15H2,1-3H3,(H3,19,20,21);1H. The molecule has 23 heavy (non-hydrogen) atoms. The van der Waals surface area contributed by atoms with E-state index >= 15 is 0 Å². The Morgan fingerprint density at radius 1 is 1.04 bits per heavy atom. The number of guanidine groups is 1. The Labute approximate surface area is 158 Å². The van der Waals surface area contributed by atoms with Crippen LogP contribution in [-0.2, 0) is 6.42 Å². The van der Waals surface area contributed by atoms with Gasteiger partial charge < -0.3 is 16.0 Å². The summed E-state index contributed by atoms with van der Waals surface area (Å²) in [6.07, 6.45) is 7.27. The number of aliphatic imine (C=N–C) groups is 1. The molecule has 4 nitrogen and oxygen atoms in total. The van der Waals surface area contributed by atoms with Crippen molar-refractivity contribution < 1.29 is 0 Å². The van der Waals surface area contributed by atoms with Gasteiger partial charge in [0.1, 0.15) is 0 Å². The van der Waals surface area contributed by atoms with Gasteiger partial charge in [-0.05, 0) is 57.6 Å². The molecule has 0 aliphatic heterocycles. The highest BCUT2D eigenvalue weighted by Gasteiger charge is 1.96. The van der Waals surface area contributed by atoms with Crippen LogP contribution >= 0.6 is 24.0 Å². The molecule has 0 aliphatic carbocycles. The fourth-order valence-electron chi connectivity index (χ4n) is 2.28. The highest BCUT2D eigenvalue weighted by atomic mass is 127. The van der Waals surface area contributed by atoms with Crippen LogP contribution in [0.3, 0.4) is 0 Å². The van der Waals surface area contributed by atoms with Crippen LogP contribution in [0.15, 0.2) is 29.3 Å². The molecule has 0 aliphatic rings. The first-order chi connectivity index (χ1) is 10.6. The van der Waals surface area contributed by atoms with Crippen LogP contribution < -0.4 is 11.1 Å². The molecule has 0 radical (unpaired) electrons. The van der Waals surface area contributed by atoms with Gasteiger partial charge in [-0.1, -0.05) is 38.3 Å². The van der Waals surface area contributed by atoms with Gasteiger partial charge in [-0.25, -0.2) is 0 Å². The number of nitrogens with zero attached hydrogens (tertiary/aromatic N) is 2. The highest BCUT2D eigenvalue weighted by Crippen LogP contribution is 2.09. The summed E-state index contributed by atoms with van der Waals surface area (Å²) in [5, 5.41) is 3.14. The van der Waals surface area contributed by atoms with Crippen molar-refractivity contribution in [3.05, 3.63) is 29.8 Å². The van der Waals surface area contributed by atoms with Gasteiger partial charge >= 0.3 is 0 Å². The molecule has 5 heteroatoms. The van der Waals surface area contributed by atoms with E-state index in [0.29, 0.717) is 5.96 Å². The van der Waals surface area contributed by atoms with Crippen molar-refractivity contribution in [3.8, 4) is 0 Å². The van der Waals surface area contributed by atoms with Crippen molar-refractivity contribution in [2.45, 2.75) is 45.4 Å². The predicted octanol–water partition coefficient (Wildman–Crippen LogP) is 4.11. The predicted molar refractivity (Wildman–Crippen MR) is 113 cm³/mol. The monoisotopic (exact) mass is 432 g/mol. The molecule has 0 aromatic heterocycles. The second kappa shape index (κ2) is 13.6. The first-order valence-electron chi connectivity index (χ1n) is 8.42. The van der Waals surface area contributed by atoms with Gasteiger partial charge in [0.05, 0.1) is 0 Å². The van der Waals surface area contributed by atoms with Crippen molar-refractivity contribution in [3.63, 3.8) is 0 Å². The van der Waals surface area contributed by atoms with E-state index in [0.717, 1.165) is 25.1 Å². The smallest absolute Gasteiger partial charge is 0.193 e. The maximum absolute atomic E-state index is 5.91. The third-order valence-electron chi connectivity index (χ3n) is 3.68. The number of aryl methyl sites for hydroxylation is 1. The Morgan fingerprint density at radius 3 is 2.26 bits per heavy atom. The molecule has 3 N–H and O–H groups in total. The van der Waals surface area contributed by atoms with Crippen LogP contribution in [0.5, 0.6) is 0 Å². The zero-order chi connectivity index (χ0) is 16.2. The second-order valence-corrected chi connectivity index (χ2v) is 6.01. The highest BCUT2D eigenvalue weighted by molar-refractivity contribution is 14.0. The Hall–Kier alpha value is -0.820. The van der Waals surface area contributed by atoms with Gasteiger partial charge in [0.25, 0.3) is 0 Å². The van der Waals surface area contributed by atoms with E-state index in [1.165, 1.54) is 37.8 Å². The molecule has 0 bridgehead atoms. The first kappa shape index (κ1) is 22.2. The molecule has 1 aromatic rings. The van der Waals surface area contributed by atoms with Crippen molar-refractivity contribution in [1.82, 2.24) is 4.90 Å². The van der Waals surface area contributed by atoms with Crippen molar-refractivity contribution in [1.29, 1.82) is 0 Å². The van der Waals surface area contributed by atoms with Gasteiger partial charge in [-0.3, -0.25) is 4.99 Å². The SMILES string of the molecule is CCc1ccc(NC(N)=NCCCCCCCN(C)C)cc1.I. The van der Waals surface area contributed by atoms with Gasteiger partial charge in [0, 0.05) is 12.2 Å². The van der Waals surface area contributed by atoms with Gasteiger partial charge in [-0.2, -0.15) is 0 Å². The average Bonchev–Trinajstić information content (AvgIpc) is 2.50. The Morgan fingerprint density at radius 2 is 1.65 bits per heavy atom. The Bertz CT molecular complexity index is 429. The van der Waals surface area contributed by atoms with Gasteiger partial charge in [-0.15, -0.1) is 24.0 Å². The van der Waals surface area contributed by atoms with Gasteiger partial charge in [0.15, 0.2) is 5.96 Å². The van der Waals surface area contributed by atoms with E-state index < -0.39 is 0 Å². The first-order valence-corrected chi connectivity index (χ1v) is 8.42. The van der Waals surface area contributed by atoms with Crippen molar-refractivity contribution >= 4 is 35.6 Å². The molecule has 0 heterocycles. The average molecular weight is 432 g/mol. The quantitative estimate of drug-likeness (QED) is 0.253. The Balaban J connectivity index is 0.00000484. The van der Waals surface area contributed by atoms with E-state index in [2.05, 4.69) is 48.4 Å². The van der Waals surface area contributed by atoms with Crippen LogP contribution in [0, 0.1) is 0 Å². The summed E-state index contributed by atoms with van der Waals surface area (Å²) in [5.41, 5.74) is 8.24. The van der Waals surface area contributed by atoms with Crippen LogP contribution in [0.1, 0.15) is 44.6 Å². The number of nitrogens with two attached hydrogens (primary N) is 1. The lowest BCUT2D eigenvalue weighted by atomic mass is 10.1. The van der Waals surface area contributed by atoms with Crippen LogP contribution in [-0.4, -0.2) is 38.0 Å². The van der Waals surface area contributed by atoms with E-state index in [1.807, 2.05) is 12.1 Å². The molecule has 1 rings (SSSR count). The Kier molecular flexibility index (Phi) is 13.1. The maximum Gasteiger partial charge on any atom is 0.193 e. The number of nitrogens with one attached hydrogen (secondary N) is 1. The minimum Gasteiger partial charge on any atom is -0.370 e. The minimum absolute atomic E-state index is 0. The minimum atomic E-state index is 0. The summed E-state index contributed by atoms with van der Waals surface area (Å²) in [5.74, 6) is 0.511. The lowest BCUT2D eigenvalue weighted by Gasteiger charge is -2.08. The number of hydrogen-bond donors (Lipinski definition) is 2. The molecule has 0 saturated carbocycles. The molecular formula is C18H33IN4. The fraction of sp³-hybridized carbons (Fsp3) is 0.611. The van der Waals surface area contributed by atoms with E-state index in [4.69, 9.17) is 5.73 Å². The molecule has 0 atom stereocenters. The van der Waals surface area contributed by atoms with E-state index in [9.17, 15) is 0 Å². The van der Waals surface area contributed by atoms with Crippen LogP contribution in [0.4, 0.5) is 5.69 Å². The molecule has 0 spiro atoms. The zero-order valence-corrected chi connectivity index (χ0v) is 17.2. The summed E-state index contributed by atoms with van der Waals surface area (Å²) in [7, 11) is 4.25. The third-order valence-corrected chi connectivity index (χ3v) is 3.68. The van der Waals surface area contributed by atoms with Crippen molar-refractivity contribution in [2.24, 2.45) is 10.7 Å². The summed E-state index contributed by atoms with van der Waals surface area (Å²) in [6, 6.07) is 8.32. The van der Waals surface area contributed by atoms with Crippen LogP contribution in [0.2, 0.25) is 0 Å². The van der Waals surface area contributed by atoms with Crippen LogP contribution in [0.25, 0.3) is 0 Å². The summed E-state index contributed by atoms with van der Waals surface area (Å²) >= 11 is 0. The lowest BCUT2D eigenvalue weighted by molar-refractivity contribution is 0.390. The molecule has 132 valence electrons. The normalized spacial score (nSPS) is 11.4. The zero-order valence-electron chi connectivity index (χ0n) is 14.8. The largest absolute Gasteiger partial charge is 0.370 e. The van der Waals surface area contributed by atoms with E-state index in [-0.39, 0.29) is 24.0 Å². The number of halogens is 1. The number of hydrogen-bond acceptors (Lipinski definition) is 2. The maximum atomic E-state index is 5.91.